The normalized spacial score (nSPS) is 25.2. The van der Waals surface area contributed by atoms with Gasteiger partial charge < -0.3 is 9.47 Å². The molecule has 2 aliphatic heterocycles. The minimum Gasteiger partial charge on any atom is -0.490 e. The van der Waals surface area contributed by atoms with Crippen molar-refractivity contribution in [1.29, 1.82) is 0 Å². The van der Waals surface area contributed by atoms with Crippen LogP contribution in [0.25, 0.3) is 0 Å². The Balaban J connectivity index is 1.56. The molecule has 146 valence electrons. The number of nitrogens with zero attached hydrogens (tertiary/aromatic N) is 2. The Kier molecular flexibility index (Phi) is 4.96. The molecule has 2 aliphatic rings. The van der Waals surface area contributed by atoms with Gasteiger partial charge in [0.2, 0.25) is 10.0 Å². The maximum absolute atomic E-state index is 13.0. The number of nitrogens with one attached hydrogen (secondary N) is 1. The summed E-state index contributed by atoms with van der Waals surface area (Å²) in [6.45, 7) is 5.37. The van der Waals surface area contributed by atoms with Gasteiger partial charge in [-0.2, -0.15) is 5.10 Å². The molecular formula is C19H25N3O4S. The molecule has 0 bridgehead atoms. The number of benzene rings is 1. The van der Waals surface area contributed by atoms with E-state index in [-0.39, 0.29) is 23.1 Å². The van der Waals surface area contributed by atoms with E-state index in [1.807, 2.05) is 24.7 Å². The van der Waals surface area contributed by atoms with Gasteiger partial charge in [-0.05, 0) is 50.5 Å². The Bertz CT molecular complexity index is 925. The first kappa shape index (κ1) is 18.5. The van der Waals surface area contributed by atoms with E-state index in [9.17, 15) is 8.42 Å². The summed E-state index contributed by atoms with van der Waals surface area (Å²) in [6.07, 6.45) is 5.71. The minimum atomic E-state index is -3.65. The second-order valence-electron chi connectivity index (χ2n) is 7.19. The van der Waals surface area contributed by atoms with Crippen LogP contribution in [0, 0.1) is 0 Å². The maximum Gasteiger partial charge on any atom is 0.240 e. The van der Waals surface area contributed by atoms with Crippen molar-refractivity contribution in [3.63, 3.8) is 0 Å². The molecule has 0 spiro atoms. The van der Waals surface area contributed by atoms with E-state index in [1.54, 1.807) is 24.4 Å². The van der Waals surface area contributed by atoms with Crippen molar-refractivity contribution in [3.05, 3.63) is 41.7 Å². The van der Waals surface area contributed by atoms with Gasteiger partial charge in [0.05, 0.1) is 17.1 Å². The highest BCUT2D eigenvalue weighted by molar-refractivity contribution is 7.89. The van der Waals surface area contributed by atoms with E-state index in [4.69, 9.17) is 9.47 Å². The third-order valence-corrected chi connectivity index (χ3v) is 6.60. The van der Waals surface area contributed by atoms with Gasteiger partial charge in [0.15, 0.2) is 0 Å². The quantitative estimate of drug-likeness (QED) is 0.846. The smallest absolute Gasteiger partial charge is 0.240 e. The van der Waals surface area contributed by atoms with Gasteiger partial charge in [0.25, 0.3) is 0 Å². The lowest BCUT2D eigenvalue weighted by atomic mass is 9.99. The Morgan fingerprint density at radius 1 is 1.37 bits per heavy atom. The summed E-state index contributed by atoms with van der Waals surface area (Å²) < 4.78 is 42.2. The van der Waals surface area contributed by atoms with Gasteiger partial charge >= 0.3 is 0 Å². The lowest BCUT2D eigenvalue weighted by molar-refractivity contribution is -0.00447. The number of hydrogen-bond donors (Lipinski definition) is 1. The highest BCUT2D eigenvalue weighted by atomic mass is 32.2. The van der Waals surface area contributed by atoms with Crippen LogP contribution in [0.4, 0.5) is 0 Å². The molecule has 0 radical (unpaired) electrons. The number of hydrogen-bond acceptors (Lipinski definition) is 5. The molecule has 0 unspecified atom stereocenters. The molecule has 0 saturated carbocycles. The summed E-state index contributed by atoms with van der Waals surface area (Å²) in [4.78, 5) is 0.271. The molecule has 1 saturated heterocycles. The van der Waals surface area contributed by atoms with E-state index in [2.05, 4.69) is 9.82 Å². The Labute approximate surface area is 159 Å². The number of aryl methyl sites for hydroxylation is 1. The lowest BCUT2D eigenvalue weighted by Crippen LogP contribution is -2.42. The zero-order chi connectivity index (χ0) is 19.0. The van der Waals surface area contributed by atoms with Crippen LogP contribution in [0.3, 0.4) is 0 Å². The maximum atomic E-state index is 13.0. The zero-order valence-corrected chi connectivity index (χ0v) is 16.4. The Morgan fingerprint density at radius 3 is 3.00 bits per heavy atom. The van der Waals surface area contributed by atoms with Crippen LogP contribution < -0.4 is 9.46 Å². The first-order valence-electron chi connectivity index (χ1n) is 9.42. The predicted molar refractivity (Wildman–Crippen MR) is 100 cm³/mol. The number of rotatable bonds is 5. The van der Waals surface area contributed by atoms with Gasteiger partial charge in [0.1, 0.15) is 18.0 Å². The molecule has 8 heteroatoms. The zero-order valence-electron chi connectivity index (χ0n) is 15.6. The molecule has 4 rings (SSSR count). The van der Waals surface area contributed by atoms with E-state index in [0.29, 0.717) is 6.61 Å². The van der Waals surface area contributed by atoms with Gasteiger partial charge in [-0.3, -0.25) is 4.68 Å². The van der Waals surface area contributed by atoms with E-state index >= 15 is 0 Å². The van der Waals surface area contributed by atoms with Crippen LogP contribution in [0.5, 0.6) is 5.75 Å². The summed E-state index contributed by atoms with van der Waals surface area (Å²) in [5.74, 6) is 0.771. The molecular weight excluding hydrogens is 366 g/mol. The van der Waals surface area contributed by atoms with Crippen LogP contribution in [0.1, 0.15) is 43.9 Å². The van der Waals surface area contributed by atoms with E-state index in [1.165, 1.54) is 0 Å². The highest BCUT2D eigenvalue weighted by Gasteiger charge is 2.33. The minimum absolute atomic E-state index is 0.0807. The molecule has 1 aromatic carbocycles. The van der Waals surface area contributed by atoms with Crippen molar-refractivity contribution >= 4 is 10.0 Å². The van der Waals surface area contributed by atoms with Crippen molar-refractivity contribution in [2.75, 3.05) is 6.61 Å². The first-order valence-corrected chi connectivity index (χ1v) is 10.9. The van der Waals surface area contributed by atoms with Gasteiger partial charge in [-0.1, -0.05) is 0 Å². The molecule has 1 N–H and O–H groups in total. The van der Waals surface area contributed by atoms with Gasteiger partial charge in [0, 0.05) is 31.3 Å². The molecule has 0 amide bonds. The number of fused-ring (bicyclic) bond motifs is 1. The molecule has 2 aromatic rings. The summed E-state index contributed by atoms with van der Waals surface area (Å²) in [5.41, 5.74) is 1.84. The fraction of sp³-hybridized carbons (Fsp3) is 0.526. The average molecular weight is 391 g/mol. The standard InChI is InChI=1S/C19H25N3O4S/c1-3-22-12-15(11-20-22)19-17(5-4-8-25-19)21-27(23,24)16-6-7-18-14(10-16)9-13(2)26-18/h6-7,10-13,17,19,21H,3-5,8-9H2,1-2H3/t13-,17-,19+/m0/s1. The summed E-state index contributed by atoms with van der Waals surface area (Å²) in [7, 11) is -3.65. The largest absolute Gasteiger partial charge is 0.490 e. The van der Waals surface area contributed by atoms with Crippen molar-refractivity contribution in [2.45, 2.75) is 62.8 Å². The number of sulfonamides is 1. The average Bonchev–Trinajstić information content (AvgIpc) is 3.26. The molecule has 27 heavy (non-hydrogen) atoms. The first-order chi connectivity index (χ1) is 13.0. The molecule has 1 fully saturated rings. The lowest BCUT2D eigenvalue weighted by Gasteiger charge is -2.31. The second kappa shape index (κ2) is 7.26. The van der Waals surface area contributed by atoms with Gasteiger partial charge in [-0.25, -0.2) is 13.1 Å². The van der Waals surface area contributed by atoms with E-state index in [0.717, 1.165) is 42.7 Å². The molecule has 1 aromatic heterocycles. The van der Waals surface area contributed by atoms with Crippen molar-refractivity contribution in [2.24, 2.45) is 0 Å². The molecule has 3 heterocycles. The van der Waals surface area contributed by atoms with Crippen molar-refractivity contribution in [3.8, 4) is 5.75 Å². The SMILES string of the molecule is CCn1cc([C@H]2OCCC[C@@H]2NS(=O)(=O)c2ccc3c(c2)C[C@H](C)O3)cn1. The van der Waals surface area contributed by atoms with Crippen LogP contribution in [0.2, 0.25) is 0 Å². The van der Waals surface area contributed by atoms with Crippen LogP contribution in [-0.2, 0) is 27.7 Å². The predicted octanol–water partition coefficient (Wildman–Crippen LogP) is 2.43. The molecule has 0 aliphatic carbocycles. The summed E-state index contributed by atoms with van der Waals surface area (Å²) >= 11 is 0. The summed E-state index contributed by atoms with van der Waals surface area (Å²) in [6, 6.07) is 4.75. The fourth-order valence-corrected chi connectivity index (χ4v) is 5.08. The van der Waals surface area contributed by atoms with E-state index < -0.39 is 10.0 Å². The van der Waals surface area contributed by atoms with Gasteiger partial charge in [-0.15, -0.1) is 0 Å². The van der Waals surface area contributed by atoms with Crippen LogP contribution >= 0.6 is 0 Å². The van der Waals surface area contributed by atoms with Crippen molar-refractivity contribution in [1.82, 2.24) is 14.5 Å². The fourth-order valence-electron chi connectivity index (χ4n) is 3.76. The van der Waals surface area contributed by atoms with Crippen LogP contribution in [0.15, 0.2) is 35.5 Å². The second-order valence-corrected chi connectivity index (χ2v) is 8.91. The molecule has 7 nitrogen and oxygen atoms in total. The topological polar surface area (TPSA) is 82.5 Å². The monoisotopic (exact) mass is 391 g/mol. The third kappa shape index (κ3) is 3.74. The highest BCUT2D eigenvalue weighted by Crippen LogP contribution is 2.32. The molecule has 3 atom stereocenters. The number of ether oxygens (including phenoxy) is 2. The van der Waals surface area contributed by atoms with Crippen LogP contribution in [-0.4, -0.2) is 37.0 Å². The number of aromatic nitrogens is 2. The Morgan fingerprint density at radius 2 is 2.22 bits per heavy atom. The third-order valence-electron chi connectivity index (χ3n) is 5.11. The van der Waals surface area contributed by atoms with Crippen molar-refractivity contribution < 1.29 is 17.9 Å². The Hall–Kier alpha value is -1.90. The summed E-state index contributed by atoms with van der Waals surface area (Å²) in [5, 5.41) is 4.29.